The standard InChI is InChI=1S/C15H13N3O2/c1-10-4-3-5-11(2)15(10)17-13-6-7-14(18(19)20)12(8-13)9-16/h3-8,17H,1-2H3. The summed E-state index contributed by atoms with van der Waals surface area (Å²) in [7, 11) is 0. The molecule has 100 valence electrons. The van der Waals surface area contributed by atoms with Crippen molar-refractivity contribution in [2.24, 2.45) is 0 Å². The molecule has 0 bridgehead atoms. The third-order valence-corrected chi connectivity index (χ3v) is 3.06. The van der Waals surface area contributed by atoms with Gasteiger partial charge in [-0.15, -0.1) is 0 Å². The van der Waals surface area contributed by atoms with E-state index in [0.29, 0.717) is 5.69 Å². The van der Waals surface area contributed by atoms with Crippen LogP contribution in [-0.2, 0) is 0 Å². The van der Waals surface area contributed by atoms with Crippen molar-refractivity contribution in [3.8, 4) is 6.07 Å². The van der Waals surface area contributed by atoms with Gasteiger partial charge in [-0.2, -0.15) is 5.26 Å². The van der Waals surface area contributed by atoms with Crippen LogP contribution in [0.5, 0.6) is 0 Å². The van der Waals surface area contributed by atoms with Gasteiger partial charge in [-0.25, -0.2) is 0 Å². The van der Waals surface area contributed by atoms with Crippen LogP contribution in [-0.4, -0.2) is 4.92 Å². The Labute approximate surface area is 116 Å². The molecule has 0 radical (unpaired) electrons. The molecular weight excluding hydrogens is 254 g/mol. The normalized spacial score (nSPS) is 9.85. The molecule has 0 aromatic heterocycles. The third kappa shape index (κ3) is 2.59. The van der Waals surface area contributed by atoms with Gasteiger partial charge in [-0.1, -0.05) is 18.2 Å². The predicted molar refractivity (Wildman–Crippen MR) is 77.0 cm³/mol. The van der Waals surface area contributed by atoms with Gasteiger partial charge in [0, 0.05) is 17.4 Å². The summed E-state index contributed by atoms with van der Waals surface area (Å²) < 4.78 is 0. The molecule has 0 aliphatic heterocycles. The molecule has 2 aromatic carbocycles. The van der Waals surface area contributed by atoms with Gasteiger partial charge in [0.15, 0.2) is 0 Å². The first kappa shape index (κ1) is 13.6. The van der Waals surface area contributed by atoms with Crippen molar-refractivity contribution in [1.29, 1.82) is 5.26 Å². The van der Waals surface area contributed by atoms with Crippen LogP contribution in [0.1, 0.15) is 16.7 Å². The summed E-state index contributed by atoms with van der Waals surface area (Å²) in [5.74, 6) is 0. The summed E-state index contributed by atoms with van der Waals surface area (Å²) in [6.45, 7) is 3.96. The molecule has 2 aromatic rings. The molecule has 0 aliphatic rings. The van der Waals surface area contributed by atoms with E-state index in [1.807, 2.05) is 38.1 Å². The molecule has 5 heteroatoms. The minimum absolute atomic E-state index is 0.0474. The van der Waals surface area contributed by atoms with Crippen LogP contribution in [0.25, 0.3) is 0 Å². The summed E-state index contributed by atoms with van der Waals surface area (Å²) in [5.41, 5.74) is 3.62. The van der Waals surface area contributed by atoms with Crippen molar-refractivity contribution in [1.82, 2.24) is 0 Å². The quantitative estimate of drug-likeness (QED) is 0.677. The fraction of sp³-hybridized carbons (Fsp3) is 0.133. The highest BCUT2D eigenvalue weighted by atomic mass is 16.6. The highest BCUT2D eigenvalue weighted by Crippen LogP contribution is 2.27. The van der Waals surface area contributed by atoms with Crippen LogP contribution in [0.3, 0.4) is 0 Å². The highest BCUT2D eigenvalue weighted by molar-refractivity contribution is 5.69. The second-order valence-electron chi connectivity index (χ2n) is 4.49. The van der Waals surface area contributed by atoms with Crippen LogP contribution in [0.4, 0.5) is 17.1 Å². The van der Waals surface area contributed by atoms with Crippen molar-refractivity contribution in [2.75, 3.05) is 5.32 Å². The number of aryl methyl sites for hydroxylation is 2. The molecular formula is C15H13N3O2. The van der Waals surface area contributed by atoms with E-state index in [2.05, 4.69) is 5.32 Å². The monoisotopic (exact) mass is 267 g/mol. The van der Waals surface area contributed by atoms with Crippen LogP contribution in [0.15, 0.2) is 36.4 Å². The minimum atomic E-state index is -0.554. The van der Waals surface area contributed by atoms with E-state index in [-0.39, 0.29) is 11.3 Å². The van der Waals surface area contributed by atoms with E-state index in [4.69, 9.17) is 5.26 Å². The highest BCUT2D eigenvalue weighted by Gasteiger charge is 2.14. The first-order chi connectivity index (χ1) is 9.52. The van der Waals surface area contributed by atoms with Crippen molar-refractivity contribution >= 4 is 17.1 Å². The van der Waals surface area contributed by atoms with Crippen LogP contribution in [0, 0.1) is 35.3 Å². The Bertz CT molecular complexity index is 697. The van der Waals surface area contributed by atoms with E-state index in [0.717, 1.165) is 16.8 Å². The molecule has 0 heterocycles. The molecule has 0 atom stereocenters. The Hall–Kier alpha value is -2.87. The molecule has 0 aliphatic carbocycles. The Kier molecular flexibility index (Phi) is 3.67. The van der Waals surface area contributed by atoms with E-state index in [9.17, 15) is 10.1 Å². The molecule has 2 rings (SSSR count). The summed E-state index contributed by atoms with van der Waals surface area (Å²) >= 11 is 0. The zero-order chi connectivity index (χ0) is 14.7. The molecule has 5 nitrogen and oxygen atoms in total. The number of hydrogen-bond acceptors (Lipinski definition) is 4. The summed E-state index contributed by atoms with van der Waals surface area (Å²) in [6, 6.07) is 12.2. The molecule has 20 heavy (non-hydrogen) atoms. The molecule has 0 saturated carbocycles. The maximum atomic E-state index is 10.8. The minimum Gasteiger partial charge on any atom is -0.355 e. The number of rotatable bonds is 3. The number of hydrogen-bond donors (Lipinski definition) is 1. The molecule has 0 unspecified atom stereocenters. The number of nitrogens with one attached hydrogen (secondary N) is 1. The first-order valence-corrected chi connectivity index (χ1v) is 6.04. The third-order valence-electron chi connectivity index (χ3n) is 3.06. The average molecular weight is 267 g/mol. The van der Waals surface area contributed by atoms with Gasteiger partial charge in [0.25, 0.3) is 5.69 Å². The Balaban J connectivity index is 2.41. The number of para-hydroxylation sites is 1. The second kappa shape index (κ2) is 5.41. The molecule has 1 N–H and O–H groups in total. The second-order valence-corrected chi connectivity index (χ2v) is 4.49. The lowest BCUT2D eigenvalue weighted by Crippen LogP contribution is -1.98. The zero-order valence-electron chi connectivity index (χ0n) is 11.2. The van der Waals surface area contributed by atoms with Crippen molar-refractivity contribution in [3.05, 3.63) is 63.2 Å². The van der Waals surface area contributed by atoms with E-state index in [1.165, 1.54) is 12.1 Å². The van der Waals surface area contributed by atoms with Gasteiger partial charge in [0.05, 0.1) is 4.92 Å². The van der Waals surface area contributed by atoms with Crippen molar-refractivity contribution < 1.29 is 4.92 Å². The van der Waals surface area contributed by atoms with Gasteiger partial charge in [-0.05, 0) is 37.1 Å². The van der Waals surface area contributed by atoms with Crippen molar-refractivity contribution in [3.63, 3.8) is 0 Å². The predicted octanol–water partition coefficient (Wildman–Crippen LogP) is 3.83. The maximum Gasteiger partial charge on any atom is 0.287 e. The lowest BCUT2D eigenvalue weighted by molar-refractivity contribution is -0.385. The van der Waals surface area contributed by atoms with Gasteiger partial charge >= 0.3 is 0 Å². The number of benzene rings is 2. The molecule has 0 fully saturated rings. The topological polar surface area (TPSA) is 79.0 Å². The number of nitriles is 1. The Morgan fingerprint density at radius 3 is 2.40 bits per heavy atom. The number of nitro groups is 1. The maximum absolute atomic E-state index is 10.8. The average Bonchev–Trinajstić information content (AvgIpc) is 2.42. The van der Waals surface area contributed by atoms with E-state index in [1.54, 1.807) is 6.07 Å². The Morgan fingerprint density at radius 1 is 1.20 bits per heavy atom. The smallest absolute Gasteiger partial charge is 0.287 e. The molecule has 0 spiro atoms. The first-order valence-electron chi connectivity index (χ1n) is 6.04. The van der Waals surface area contributed by atoms with Crippen LogP contribution < -0.4 is 5.32 Å². The van der Waals surface area contributed by atoms with Gasteiger partial charge in [0.2, 0.25) is 0 Å². The number of anilines is 2. The molecule has 0 amide bonds. The zero-order valence-corrected chi connectivity index (χ0v) is 11.2. The van der Waals surface area contributed by atoms with Crippen molar-refractivity contribution in [2.45, 2.75) is 13.8 Å². The van der Waals surface area contributed by atoms with Gasteiger partial charge in [0.1, 0.15) is 11.6 Å². The van der Waals surface area contributed by atoms with Crippen LogP contribution >= 0.6 is 0 Å². The SMILES string of the molecule is Cc1cccc(C)c1Nc1ccc([N+](=O)[O-])c(C#N)c1. The number of nitrogens with zero attached hydrogens (tertiary/aromatic N) is 2. The summed E-state index contributed by atoms with van der Waals surface area (Å²) in [6.07, 6.45) is 0. The summed E-state index contributed by atoms with van der Waals surface area (Å²) in [4.78, 5) is 10.2. The molecule has 0 saturated heterocycles. The van der Waals surface area contributed by atoms with Crippen LogP contribution in [0.2, 0.25) is 0 Å². The summed E-state index contributed by atoms with van der Waals surface area (Å²) in [5, 5.41) is 23.0. The van der Waals surface area contributed by atoms with E-state index < -0.39 is 4.92 Å². The largest absolute Gasteiger partial charge is 0.355 e. The fourth-order valence-electron chi connectivity index (χ4n) is 2.02. The van der Waals surface area contributed by atoms with Gasteiger partial charge in [-0.3, -0.25) is 10.1 Å². The lowest BCUT2D eigenvalue weighted by atomic mass is 10.1. The fourth-order valence-corrected chi connectivity index (χ4v) is 2.02. The number of nitro benzene ring substituents is 1. The van der Waals surface area contributed by atoms with E-state index >= 15 is 0 Å². The van der Waals surface area contributed by atoms with Gasteiger partial charge < -0.3 is 5.32 Å². The lowest BCUT2D eigenvalue weighted by Gasteiger charge is -2.12. The Morgan fingerprint density at radius 2 is 1.85 bits per heavy atom.